The second-order valence-corrected chi connectivity index (χ2v) is 5.45. The highest BCUT2D eigenvalue weighted by molar-refractivity contribution is 9.10. The summed E-state index contributed by atoms with van der Waals surface area (Å²) in [7, 11) is 1.68. The summed E-state index contributed by atoms with van der Waals surface area (Å²) in [6.07, 6.45) is 7.18. The molecule has 2 rings (SSSR count). The Labute approximate surface area is 127 Å². The van der Waals surface area contributed by atoms with Gasteiger partial charge >= 0.3 is 0 Å². The van der Waals surface area contributed by atoms with E-state index in [1.54, 1.807) is 25.7 Å². The van der Waals surface area contributed by atoms with Gasteiger partial charge in [0, 0.05) is 25.5 Å². The highest BCUT2D eigenvalue weighted by Gasteiger charge is 2.16. The third-order valence-corrected chi connectivity index (χ3v) is 3.80. The van der Waals surface area contributed by atoms with Crippen LogP contribution in [-0.2, 0) is 17.7 Å². The molecule has 0 bridgehead atoms. The summed E-state index contributed by atoms with van der Waals surface area (Å²) in [5.41, 5.74) is 8.58. The Bertz CT molecular complexity index is 529. The second-order valence-electron chi connectivity index (χ2n) is 4.59. The maximum Gasteiger partial charge on any atom is 0.0694 e. The zero-order valence-electron chi connectivity index (χ0n) is 11.5. The lowest BCUT2D eigenvalue weighted by molar-refractivity contribution is 0.182. The number of rotatable bonds is 7. The SMILES string of the molecule is COCCn1ncc(Br)c1C(N)CCc1ccncc1. The van der Waals surface area contributed by atoms with Crippen LogP contribution >= 0.6 is 15.9 Å². The molecule has 1 atom stereocenters. The molecule has 0 aliphatic heterocycles. The number of hydrogen-bond acceptors (Lipinski definition) is 4. The molecule has 0 aromatic carbocycles. The molecule has 2 aromatic heterocycles. The Hall–Kier alpha value is -1.24. The highest BCUT2D eigenvalue weighted by Crippen LogP contribution is 2.25. The second kappa shape index (κ2) is 7.52. The van der Waals surface area contributed by atoms with Crippen molar-refractivity contribution < 1.29 is 4.74 Å². The molecule has 0 saturated heterocycles. The van der Waals surface area contributed by atoms with E-state index < -0.39 is 0 Å². The summed E-state index contributed by atoms with van der Waals surface area (Å²) < 4.78 is 7.96. The number of aromatic nitrogens is 3. The first-order chi connectivity index (χ1) is 9.72. The van der Waals surface area contributed by atoms with Gasteiger partial charge < -0.3 is 10.5 Å². The van der Waals surface area contributed by atoms with Crippen molar-refractivity contribution in [2.45, 2.75) is 25.4 Å². The molecule has 0 amide bonds. The van der Waals surface area contributed by atoms with Crippen molar-refractivity contribution in [3.63, 3.8) is 0 Å². The van der Waals surface area contributed by atoms with E-state index in [1.165, 1.54) is 5.56 Å². The van der Waals surface area contributed by atoms with Crippen LogP contribution in [0.25, 0.3) is 0 Å². The van der Waals surface area contributed by atoms with Gasteiger partial charge in [0.25, 0.3) is 0 Å². The Morgan fingerprint density at radius 2 is 2.15 bits per heavy atom. The van der Waals surface area contributed by atoms with Crippen molar-refractivity contribution in [1.82, 2.24) is 14.8 Å². The van der Waals surface area contributed by atoms with E-state index in [9.17, 15) is 0 Å². The molecular formula is C14H19BrN4O. The first-order valence-corrected chi connectivity index (χ1v) is 7.36. The Kier molecular flexibility index (Phi) is 5.70. The van der Waals surface area contributed by atoms with E-state index in [0.29, 0.717) is 13.2 Å². The summed E-state index contributed by atoms with van der Waals surface area (Å²) in [5.74, 6) is 0. The topological polar surface area (TPSA) is 66.0 Å². The van der Waals surface area contributed by atoms with E-state index in [0.717, 1.165) is 23.0 Å². The van der Waals surface area contributed by atoms with Crippen molar-refractivity contribution in [2.75, 3.05) is 13.7 Å². The van der Waals surface area contributed by atoms with Gasteiger partial charge in [-0.1, -0.05) is 0 Å². The largest absolute Gasteiger partial charge is 0.383 e. The quantitative estimate of drug-likeness (QED) is 0.841. The lowest BCUT2D eigenvalue weighted by Crippen LogP contribution is -2.19. The number of halogens is 1. The molecule has 0 radical (unpaired) electrons. The molecule has 6 heteroatoms. The minimum absolute atomic E-state index is 0.0584. The van der Waals surface area contributed by atoms with Crippen LogP contribution in [-0.4, -0.2) is 28.5 Å². The number of hydrogen-bond donors (Lipinski definition) is 1. The van der Waals surface area contributed by atoms with E-state index in [-0.39, 0.29) is 6.04 Å². The van der Waals surface area contributed by atoms with Gasteiger partial charge in [0.1, 0.15) is 0 Å². The number of nitrogens with two attached hydrogens (primary N) is 1. The van der Waals surface area contributed by atoms with E-state index in [1.807, 2.05) is 16.8 Å². The lowest BCUT2D eigenvalue weighted by atomic mass is 10.0. The molecule has 0 fully saturated rings. The fourth-order valence-electron chi connectivity index (χ4n) is 2.10. The van der Waals surface area contributed by atoms with Crippen molar-refractivity contribution in [3.05, 3.63) is 46.5 Å². The predicted molar refractivity (Wildman–Crippen MR) is 81.3 cm³/mol. The van der Waals surface area contributed by atoms with Gasteiger partial charge in [0.2, 0.25) is 0 Å². The third kappa shape index (κ3) is 3.88. The smallest absolute Gasteiger partial charge is 0.0694 e. The number of pyridine rings is 1. The Morgan fingerprint density at radius 3 is 2.85 bits per heavy atom. The molecule has 108 valence electrons. The number of aryl methyl sites for hydroxylation is 1. The molecule has 5 nitrogen and oxygen atoms in total. The molecule has 2 N–H and O–H groups in total. The molecule has 20 heavy (non-hydrogen) atoms. The zero-order chi connectivity index (χ0) is 14.4. The fourth-order valence-corrected chi connectivity index (χ4v) is 2.70. The average Bonchev–Trinajstić information content (AvgIpc) is 2.84. The summed E-state index contributed by atoms with van der Waals surface area (Å²) in [6.45, 7) is 1.33. The molecule has 0 saturated carbocycles. The van der Waals surface area contributed by atoms with Crippen molar-refractivity contribution in [2.24, 2.45) is 5.73 Å². The lowest BCUT2D eigenvalue weighted by Gasteiger charge is -2.15. The zero-order valence-corrected chi connectivity index (χ0v) is 13.1. The summed E-state index contributed by atoms with van der Waals surface area (Å²) in [5, 5.41) is 4.33. The molecule has 2 heterocycles. The maximum atomic E-state index is 6.31. The van der Waals surface area contributed by atoms with E-state index in [4.69, 9.17) is 10.5 Å². The van der Waals surface area contributed by atoms with Crippen LogP contribution in [0.1, 0.15) is 23.7 Å². The third-order valence-electron chi connectivity index (χ3n) is 3.19. The van der Waals surface area contributed by atoms with E-state index in [2.05, 4.69) is 26.0 Å². The highest BCUT2D eigenvalue weighted by atomic mass is 79.9. The van der Waals surface area contributed by atoms with Crippen LogP contribution in [0, 0.1) is 0 Å². The van der Waals surface area contributed by atoms with Crippen LogP contribution in [0.2, 0.25) is 0 Å². The molecule has 0 aliphatic carbocycles. The van der Waals surface area contributed by atoms with Gasteiger partial charge in [-0.25, -0.2) is 0 Å². The van der Waals surface area contributed by atoms with Gasteiger partial charge in [-0.2, -0.15) is 5.10 Å². The summed E-state index contributed by atoms with van der Waals surface area (Å²) in [4.78, 5) is 4.02. The maximum absolute atomic E-state index is 6.31. The Balaban J connectivity index is 2.01. The normalized spacial score (nSPS) is 12.6. The minimum Gasteiger partial charge on any atom is -0.383 e. The molecular weight excluding hydrogens is 320 g/mol. The molecule has 0 spiro atoms. The first-order valence-electron chi connectivity index (χ1n) is 6.57. The number of methoxy groups -OCH3 is 1. The number of nitrogens with zero attached hydrogens (tertiary/aromatic N) is 3. The van der Waals surface area contributed by atoms with Crippen LogP contribution < -0.4 is 5.73 Å². The van der Waals surface area contributed by atoms with Crippen LogP contribution in [0.15, 0.2) is 35.2 Å². The predicted octanol–water partition coefficient (Wildman–Crippen LogP) is 2.32. The van der Waals surface area contributed by atoms with Crippen molar-refractivity contribution in [3.8, 4) is 0 Å². The Morgan fingerprint density at radius 1 is 1.40 bits per heavy atom. The molecule has 1 unspecified atom stereocenters. The van der Waals surface area contributed by atoms with Crippen LogP contribution in [0.3, 0.4) is 0 Å². The monoisotopic (exact) mass is 338 g/mol. The summed E-state index contributed by atoms with van der Waals surface area (Å²) >= 11 is 3.52. The van der Waals surface area contributed by atoms with Crippen LogP contribution in [0.4, 0.5) is 0 Å². The summed E-state index contributed by atoms with van der Waals surface area (Å²) in [6, 6.07) is 3.98. The van der Waals surface area contributed by atoms with Gasteiger partial charge in [-0.15, -0.1) is 0 Å². The van der Waals surface area contributed by atoms with Gasteiger partial charge in [-0.3, -0.25) is 9.67 Å². The van der Waals surface area contributed by atoms with Gasteiger partial charge in [0.05, 0.1) is 29.5 Å². The fraction of sp³-hybridized carbons (Fsp3) is 0.429. The van der Waals surface area contributed by atoms with Crippen molar-refractivity contribution in [1.29, 1.82) is 0 Å². The van der Waals surface area contributed by atoms with Gasteiger partial charge in [0.15, 0.2) is 0 Å². The van der Waals surface area contributed by atoms with E-state index >= 15 is 0 Å². The van der Waals surface area contributed by atoms with Crippen molar-refractivity contribution >= 4 is 15.9 Å². The molecule has 2 aromatic rings. The number of ether oxygens (including phenoxy) is 1. The first kappa shape index (κ1) is 15.2. The van der Waals surface area contributed by atoms with Gasteiger partial charge in [-0.05, 0) is 46.5 Å². The average molecular weight is 339 g/mol. The van der Waals surface area contributed by atoms with Crippen LogP contribution in [0.5, 0.6) is 0 Å². The minimum atomic E-state index is -0.0584. The molecule has 0 aliphatic rings. The standard InChI is InChI=1S/C14H19BrN4O/c1-20-9-8-19-14(12(15)10-18-19)13(16)3-2-11-4-6-17-7-5-11/h4-7,10,13H,2-3,8-9,16H2,1H3.